The zero-order valence-electron chi connectivity index (χ0n) is 10.5. The molecule has 100 valence electrons. The van der Waals surface area contributed by atoms with Gasteiger partial charge < -0.3 is 19.0 Å². The molecule has 0 atom stereocenters. The summed E-state index contributed by atoms with van der Waals surface area (Å²) in [4.78, 5) is 11.2. The largest absolute Gasteiger partial charge is 0.493 e. The second-order valence-corrected chi connectivity index (χ2v) is 4.71. The van der Waals surface area contributed by atoms with Crippen LogP contribution in [0.4, 0.5) is 0 Å². The fourth-order valence-electron chi connectivity index (χ4n) is 2.15. The van der Waals surface area contributed by atoms with Crippen molar-refractivity contribution >= 4 is 16.9 Å². The average Bonchev–Trinajstić information content (AvgIpc) is 2.62. The number of rotatable bonds is 4. The summed E-state index contributed by atoms with van der Waals surface area (Å²) >= 11 is 0. The second kappa shape index (κ2) is 4.59. The van der Waals surface area contributed by atoms with E-state index in [2.05, 4.69) is 0 Å². The van der Waals surface area contributed by atoms with Gasteiger partial charge in [-0.3, -0.25) is 0 Å². The van der Waals surface area contributed by atoms with E-state index in [1.54, 1.807) is 25.1 Å². The van der Waals surface area contributed by atoms with Crippen LogP contribution in [0.1, 0.15) is 16.1 Å². The Kier molecular flexibility index (Phi) is 2.91. The highest BCUT2D eigenvalue weighted by Crippen LogP contribution is 2.29. The van der Waals surface area contributed by atoms with Crippen LogP contribution >= 0.6 is 0 Å². The highest BCUT2D eigenvalue weighted by Gasteiger charge is 2.20. The number of hydrogen-bond donors (Lipinski definition) is 1. The Morgan fingerprint density at radius 1 is 1.47 bits per heavy atom. The van der Waals surface area contributed by atoms with Crippen molar-refractivity contribution in [3.05, 3.63) is 29.5 Å². The van der Waals surface area contributed by atoms with Crippen LogP contribution in [-0.4, -0.2) is 30.9 Å². The smallest absolute Gasteiger partial charge is 0.339 e. The fraction of sp³-hybridized carbons (Fsp3) is 0.357. The van der Waals surface area contributed by atoms with Crippen LogP contribution in [0.3, 0.4) is 0 Å². The van der Waals surface area contributed by atoms with Gasteiger partial charge in [0.2, 0.25) is 0 Å². The molecule has 0 saturated carbocycles. The summed E-state index contributed by atoms with van der Waals surface area (Å²) in [6.45, 7) is 3.70. The number of fused-ring (bicyclic) bond motifs is 1. The third-order valence-corrected chi connectivity index (χ3v) is 3.24. The number of ether oxygens (including phenoxy) is 2. The Bertz CT molecular complexity index is 624. The van der Waals surface area contributed by atoms with Gasteiger partial charge >= 0.3 is 5.97 Å². The number of carboxylic acids is 1. The van der Waals surface area contributed by atoms with E-state index < -0.39 is 5.97 Å². The number of furan rings is 1. The fourth-order valence-corrected chi connectivity index (χ4v) is 2.15. The maximum atomic E-state index is 11.2. The van der Waals surface area contributed by atoms with Gasteiger partial charge in [-0.1, -0.05) is 0 Å². The zero-order valence-corrected chi connectivity index (χ0v) is 10.5. The predicted molar refractivity (Wildman–Crippen MR) is 67.7 cm³/mol. The first kappa shape index (κ1) is 12.0. The van der Waals surface area contributed by atoms with Gasteiger partial charge in [0.25, 0.3) is 0 Å². The molecule has 1 aliphatic rings. The van der Waals surface area contributed by atoms with Gasteiger partial charge in [0.1, 0.15) is 22.7 Å². The minimum atomic E-state index is -0.985. The first-order chi connectivity index (χ1) is 9.15. The molecule has 0 spiro atoms. The minimum Gasteiger partial charge on any atom is -0.493 e. The van der Waals surface area contributed by atoms with Gasteiger partial charge in [-0.25, -0.2) is 4.79 Å². The maximum absolute atomic E-state index is 11.2. The number of aromatic carboxylic acids is 1. The van der Waals surface area contributed by atoms with E-state index in [0.717, 1.165) is 13.2 Å². The quantitative estimate of drug-likeness (QED) is 0.916. The molecule has 1 aliphatic heterocycles. The molecule has 1 aromatic carbocycles. The molecule has 3 rings (SSSR count). The van der Waals surface area contributed by atoms with Crippen LogP contribution in [0.2, 0.25) is 0 Å². The highest BCUT2D eigenvalue weighted by atomic mass is 16.5. The molecule has 0 unspecified atom stereocenters. The normalized spacial score (nSPS) is 15.4. The summed E-state index contributed by atoms with van der Waals surface area (Å²) in [5, 5.41) is 9.77. The molecule has 0 bridgehead atoms. The predicted octanol–water partition coefficient (Wildman–Crippen LogP) is 2.46. The first-order valence-electron chi connectivity index (χ1n) is 6.12. The lowest BCUT2D eigenvalue weighted by Gasteiger charge is -2.25. The second-order valence-electron chi connectivity index (χ2n) is 4.71. The van der Waals surface area contributed by atoms with E-state index in [9.17, 15) is 9.90 Å². The molecule has 2 heterocycles. The van der Waals surface area contributed by atoms with Crippen molar-refractivity contribution < 1.29 is 23.8 Å². The number of aryl methyl sites for hydroxylation is 1. The van der Waals surface area contributed by atoms with Crippen LogP contribution in [0.5, 0.6) is 5.75 Å². The van der Waals surface area contributed by atoms with Crippen LogP contribution < -0.4 is 4.74 Å². The third-order valence-electron chi connectivity index (χ3n) is 3.24. The van der Waals surface area contributed by atoms with Crippen molar-refractivity contribution in [2.45, 2.75) is 6.92 Å². The summed E-state index contributed by atoms with van der Waals surface area (Å²) in [5.41, 5.74) is 0.765. The van der Waals surface area contributed by atoms with E-state index >= 15 is 0 Å². The van der Waals surface area contributed by atoms with Gasteiger partial charge in [0.15, 0.2) is 0 Å². The topological polar surface area (TPSA) is 68.9 Å². The van der Waals surface area contributed by atoms with Gasteiger partial charge in [-0.15, -0.1) is 0 Å². The van der Waals surface area contributed by atoms with Gasteiger partial charge in [0, 0.05) is 11.3 Å². The molecule has 0 radical (unpaired) electrons. The maximum Gasteiger partial charge on any atom is 0.339 e. The SMILES string of the molecule is Cc1oc2ccc(OCC3COC3)cc2c1C(=O)O. The molecular formula is C14H14O5. The molecule has 19 heavy (non-hydrogen) atoms. The molecule has 2 aromatic rings. The lowest BCUT2D eigenvalue weighted by atomic mass is 10.1. The van der Waals surface area contributed by atoms with Crippen molar-refractivity contribution in [2.24, 2.45) is 5.92 Å². The van der Waals surface area contributed by atoms with E-state index in [1.165, 1.54) is 0 Å². The van der Waals surface area contributed by atoms with Crippen LogP contribution in [-0.2, 0) is 4.74 Å². The van der Waals surface area contributed by atoms with E-state index in [1.807, 2.05) is 0 Å². The number of carbonyl (C=O) groups is 1. The van der Waals surface area contributed by atoms with Crippen LogP contribution in [0.25, 0.3) is 11.0 Å². The molecule has 1 saturated heterocycles. The van der Waals surface area contributed by atoms with Gasteiger partial charge in [-0.05, 0) is 25.1 Å². The van der Waals surface area contributed by atoms with Crippen LogP contribution in [0, 0.1) is 12.8 Å². The minimum absolute atomic E-state index is 0.201. The van der Waals surface area contributed by atoms with Crippen molar-refractivity contribution in [2.75, 3.05) is 19.8 Å². The molecule has 1 fully saturated rings. The van der Waals surface area contributed by atoms with Crippen LogP contribution in [0.15, 0.2) is 22.6 Å². The van der Waals surface area contributed by atoms with E-state index in [0.29, 0.717) is 35.0 Å². The summed E-state index contributed by atoms with van der Waals surface area (Å²) < 4.78 is 16.1. The molecule has 0 amide bonds. The first-order valence-corrected chi connectivity index (χ1v) is 6.12. The lowest BCUT2D eigenvalue weighted by molar-refractivity contribution is -0.0508. The van der Waals surface area contributed by atoms with E-state index in [-0.39, 0.29) is 5.56 Å². The van der Waals surface area contributed by atoms with Crippen molar-refractivity contribution in [1.82, 2.24) is 0 Å². The Labute approximate surface area is 109 Å². The summed E-state index contributed by atoms with van der Waals surface area (Å²) in [5.74, 6) is 0.510. The number of carboxylic acid groups (broad SMARTS) is 1. The number of hydrogen-bond acceptors (Lipinski definition) is 4. The van der Waals surface area contributed by atoms with Crippen molar-refractivity contribution in [1.29, 1.82) is 0 Å². The average molecular weight is 262 g/mol. The molecule has 1 aromatic heterocycles. The Hall–Kier alpha value is -2.01. The highest BCUT2D eigenvalue weighted by molar-refractivity contribution is 6.03. The van der Waals surface area contributed by atoms with Crippen molar-refractivity contribution in [3.8, 4) is 5.75 Å². The molecule has 5 nitrogen and oxygen atoms in total. The molecular weight excluding hydrogens is 248 g/mol. The Balaban J connectivity index is 1.89. The summed E-state index contributed by atoms with van der Waals surface area (Å²) in [6, 6.07) is 5.24. The zero-order chi connectivity index (χ0) is 13.4. The monoisotopic (exact) mass is 262 g/mol. The standard InChI is InChI=1S/C14H14O5/c1-8-13(14(15)16)11-4-10(2-3-12(11)19-8)18-7-9-5-17-6-9/h2-4,9H,5-7H2,1H3,(H,15,16). The number of benzene rings is 1. The molecule has 1 N–H and O–H groups in total. The van der Waals surface area contributed by atoms with Gasteiger partial charge in [-0.2, -0.15) is 0 Å². The Morgan fingerprint density at radius 3 is 2.89 bits per heavy atom. The van der Waals surface area contributed by atoms with Crippen molar-refractivity contribution in [3.63, 3.8) is 0 Å². The molecule has 5 heteroatoms. The Morgan fingerprint density at radius 2 is 2.26 bits per heavy atom. The third kappa shape index (κ3) is 2.17. The van der Waals surface area contributed by atoms with Gasteiger partial charge in [0.05, 0.1) is 19.8 Å². The van der Waals surface area contributed by atoms with E-state index in [4.69, 9.17) is 13.9 Å². The molecule has 0 aliphatic carbocycles. The summed E-state index contributed by atoms with van der Waals surface area (Å²) in [6.07, 6.45) is 0. The summed E-state index contributed by atoms with van der Waals surface area (Å²) in [7, 11) is 0. The lowest BCUT2D eigenvalue weighted by Crippen LogP contribution is -2.32.